The van der Waals surface area contributed by atoms with Crippen LogP contribution in [0.3, 0.4) is 0 Å². The third-order valence-electron chi connectivity index (χ3n) is 2.58. The Morgan fingerprint density at radius 2 is 2.13 bits per heavy atom. The summed E-state index contributed by atoms with van der Waals surface area (Å²) in [5.74, 6) is 0.658. The average molecular weight is 205 g/mol. The lowest BCUT2D eigenvalue weighted by Crippen LogP contribution is -2.16. The van der Waals surface area contributed by atoms with E-state index in [9.17, 15) is 5.11 Å². The Balaban J connectivity index is 2.48. The van der Waals surface area contributed by atoms with Gasteiger partial charge in [0, 0.05) is 17.5 Å². The maximum absolute atomic E-state index is 9.85. The van der Waals surface area contributed by atoms with Crippen molar-refractivity contribution in [2.75, 3.05) is 13.6 Å². The van der Waals surface area contributed by atoms with Crippen molar-refractivity contribution in [3.8, 4) is 0 Å². The van der Waals surface area contributed by atoms with Crippen molar-refractivity contribution in [3.05, 3.63) is 35.6 Å². The van der Waals surface area contributed by atoms with E-state index in [1.54, 1.807) is 7.05 Å². The molecule has 2 aromatic rings. The Bertz CT molecular complexity index is 462. The van der Waals surface area contributed by atoms with E-state index in [4.69, 9.17) is 4.42 Å². The van der Waals surface area contributed by atoms with Crippen LogP contribution in [0.4, 0.5) is 0 Å². The number of rotatable bonds is 3. The zero-order chi connectivity index (χ0) is 10.8. The molecule has 80 valence electrons. The Morgan fingerprint density at radius 3 is 2.80 bits per heavy atom. The molecular formula is C12H15NO2. The predicted molar refractivity (Wildman–Crippen MR) is 59.8 cm³/mol. The van der Waals surface area contributed by atoms with E-state index in [1.165, 1.54) is 0 Å². The maximum atomic E-state index is 9.85. The second kappa shape index (κ2) is 4.04. The molecule has 1 heterocycles. The molecule has 0 bridgehead atoms. The van der Waals surface area contributed by atoms with E-state index in [-0.39, 0.29) is 0 Å². The fraction of sp³-hybridized carbons (Fsp3) is 0.333. The number of para-hydroxylation sites is 1. The van der Waals surface area contributed by atoms with Crippen LogP contribution in [0.2, 0.25) is 0 Å². The third kappa shape index (κ3) is 1.76. The highest BCUT2D eigenvalue weighted by atomic mass is 16.4. The van der Waals surface area contributed by atoms with Crippen LogP contribution in [0.15, 0.2) is 28.7 Å². The van der Waals surface area contributed by atoms with Crippen LogP contribution >= 0.6 is 0 Å². The van der Waals surface area contributed by atoms with Crippen LogP contribution in [0.5, 0.6) is 0 Å². The van der Waals surface area contributed by atoms with Crippen LogP contribution in [-0.2, 0) is 0 Å². The molecule has 1 unspecified atom stereocenters. The molecule has 1 aromatic carbocycles. The molecule has 0 amide bonds. The highest BCUT2D eigenvalue weighted by molar-refractivity contribution is 5.81. The maximum Gasteiger partial charge on any atom is 0.138 e. The van der Waals surface area contributed by atoms with Crippen molar-refractivity contribution in [1.82, 2.24) is 5.32 Å². The lowest BCUT2D eigenvalue weighted by atomic mass is 10.1. The van der Waals surface area contributed by atoms with Crippen molar-refractivity contribution in [2.45, 2.75) is 13.0 Å². The third-order valence-corrected chi connectivity index (χ3v) is 2.58. The molecule has 15 heavy (non-hydrogen) atoms. The minimum Gasteiger partial charge on any atom is -0.458 e. The molecule has 0 aliphatic rings. The number of fused-ring (bicyclic) bond motifs is 1. The number of furan rings is 1. The van der Waals surface area contributed by atoms with Gasteiger partial charge in [0.15, 0.2) is 0 Å². The van der Waals surface area contributed by atoms with E-state index in [0.717, 1.165) is 16.5 Å². The first-order valence-corrected chi connectivity index (χ1v) is 5.04. The van der Waals surface area contributed by atoms with Crippen molar-refractivity contribution in [2.24, 2.45) is 0 Å². The Labute approximate surface area is 88.7 Å². The summed E-state index contributed by atoms with van der Waals surface area (Å²) in [6.45, 7) is 2.47. The number of hydrogen-bond acceptors (Lipinski definition) is 3. The lowest BCUT2D eigenvalue weighted by Gasteiger charge is -2.07. The van der Waals surface area contributed by atoms with Crippen LogP contribution in [-0.4, -0.2) is 18.7 Å². The van der Waals surface area contributed by atoms with Gasteiger partial charge in [-0.2, -0.15) is 0 Å². The Hall–Kier alpha value is -1.32. The molecule has 1 aromatic heterocycles. The van der Waals surface area contributed by atoms with Crippen molar-refractivity contribution < 1.29 is 9.52 Å². The first-order chi connectivity index (χ1) is 7.24. The highest BCUT2D eigenvalue weighted by Gasteiger charge is 2.16. The van der Waals surface area contributed by atoms with Crippen molar-refractivity contribution >= 4 is 11.0 Å². The molecule has 0 aliphatic heterocycles. The first-order valence-electron chi connectivity index (χ1n) is 5.04. The van der Waals surface area contributed by atoms with E-state index in [0.29, 0.717) is 12.3 Å². The fourth-order valence-corrected chi connectivity index (χ4v) is 1.80. The molecule has 0 spiro atoms. The quantitative estimate of drug-likeness (QED) is 0.805. The molecule has 0 radical (unpaired) electrons. The van der Waals surface area contributed by atoms with E-state index in [2.05, 4.69) is 5.32 Å². The SMILES string of the molecule is CNCC(O)c1oc2ccccc2c1C. The number of benzene rings is 1. The molecule has 0 saturated carbocycles. The Morgan fingerprint density at radius 1 is 1.40 bits per heavy atom. The molecule has 0 saturated heterocycles. The normalized spacial score (nSPS) is 13.3. The summed E-state index contributed by atoms with van der Waals surface area (Å²) >= 11 is 0. The number of nitrogens with one attached hydrogen (secondary N) is 1. The molecule has 2 N–H and O–H groups in total. The summed E-state index contributed by atoms with van der Waals surface area (Å²) in [6, 6.07) is 7.82. The largest absolute Gasteiger partial charge is 0.458 e. The van der Waals surface area contributed by atoms with Gasteiger partial charge in [-0.25, -0.2) is 0 Å². The summed E-state index contributed by atoms with van der Waals surface area (Å²) in [6.07, 6.45) is -0.581. The van der Waals surface area contributed by atoms with Crippen molar-refractivity contribution in [1.29, 1.82) is 0 Å². The molecule has 0 aliphatic carbocycles. The lowest BCUT2D eigenvalue weighted by molar-refractivity contribution is 0.151. The zero-order valence-corrected chi connectivity index (χ0v) is 8.95. The van der Waals surface area contributed by atoms with Gasteiger partial charge in [-0.1, -0.05) is 18.2 Å². The second-order valence-electron chi connectivity index (χ2n) is 3.66. The summed E-state index contributed by atoms with van der Waals surface area (Å²) in [5.41, 5.74) is 1.86. The van der Waals surface area contributed by atoms with E-state index in [1.807, 2.05) is 31.2 Å². The number of aliphatic hydroxyl groups excluding tert-OH is 1. The van der Waals surface area contributed by atoms with Crippen LogP contribution in [0.1, 0.15) is 17.4 Å². The minimum atomic E-state index is -0.581. The monoisotopic (exact) mass is 205 g/mol. The van der Waals surface area contributed by atoms with Gasteiger partial charge in [-0.15, -0.1) is 0 Å². The average Bonchev–Trinajstić information content (AvgIpc) is 2.57. The van der Waals surface area contributed by atoms with Gasteiger partial charge < -0.3 is 14.8 Å². The van der Waals surface area contributed by atoms with E-state index >= 15 is 0 Å². The smallest absolute Gasteiger partial charge is 0.138 e. The van der Waals surface area contributed by atoms with Gasteiger partial charge in [0.25, 0.3) is 0 Å². The van der Waals surface area contributed by atoms with Gasteiger partial charge >= 0.3 is 0 Å². The molecule has 2 rings (SSSR count). The van der Waals surface area contributed by atoms with Crippen LogP contribution in [0.25, 0.3) is 11.0 Å². The fourth-order valence-electron chi connectivity index (χ4n) is 1.80. The predicted octanol–water partition coefficient (Wildman–Crippen LogP) is 1.99. The summed E-state index contributed by atoms with van der Waals surface area (Å²) in [7, 11) is 1.81. The first kappa shape index (κ1) is 10.2. The van der Waals surface area contributed by atoms with E-state index < -0.39 is 6.10 Å². The summed E-state index contributed by atoms with van der Waals surface area (Å²) in [4.78, 5) is 0. The molecule has 3 nitrogen and oxygen atoms in total. The van der Waals surface area contributed by atoms with Crippen molar-refractivity contribution in [3.63, 3.8) is 0 Å². The van der Waals surface area contributed by atoms with Crippen LogP contribution < -0.4 is 5.32 Å². The van der Waals surface area contributed by atoms with Gasteiger partial charge in [-0.3, -0.25) is 0 Å². The second-order valence-corrected chi connectivity index (χ2v) is 3.66. The summed E-state index contributed by atoms with van der Waals surface area (Å²) in [5, 5.41) is 13.8. The number of aliphatic hydroxyl groups is 1. The standard InChI is InChI=1S/C12H15NO2/c1-8-9-5-3-4-6-11(9)15-12(8)10(14)7-13-2/h3-6,10,13-14H,7H2,1-2H3. The summed E-state index contributed by atoms with van der Waals surface area (Å²) < 4.78 is 5.62. The van der Waals surface area contributed by atoms with Gasteiger partial charge in [-0.05, 0) is 20.0 Å². The van der Waals surface area contributed by atoms with Gasteiger partial charge in [0.05, 0.1) is 0 Å². The highest BCUT2D eigenvalue weighted by Crippen LogP contribution is 2.28. The van der Waals surface area contributed by atoms with Crippen LogP contribution in [0, 0.1) is 6.92 Å². The Kier molecular flexibility index (Phi) is 2.75. The van der Waals surface area contributed by atoms with Gasteiger partial charge in [0.2, 0.25) is 0 Å². The minimum absolute atomic E-state index is 0.501. The number of likely N-dealkylation sites (N-methyl/N-ethyl adjacent to an activating group) is 1. The molecule has 3 heteroatoms. The number of aryl methyl sites for hydroxylation is 1. The molecular weight excluding hydrogens is 190 g/mol. The topological polar surface area (TPSA) is 45.4 Å². The molecule has 0 fully saturated rings. The van der Waals surface area contributed by atoms with Gasteiger partial charge in [0.1, 0.15) is 17.4 Å². The zero-order valence-electron chi connectivity index (χ0n) is 8.95. The number of hydrogen-bond donors (Lipinski definition) is 2. The molecule has 1 atom stereocenters.